The highest BCUT2D eigenvalue weighted by molar-refractivity contribution is 6.30. The van der Waals surface area contributed by atoms with Crippen LogP contribution in [0, 0.1) is 5.41 Å². The van der Waals surface area contributed by atoms with Gasteiger partial charge in [-0.1, -0.05) is 201 Å². The highest BCUT2D eigenvalue weighted by atomic mass is 16.1. The maximum absolute atomic E-state index is 17.2. The molecule has 0 bridgehead atoms. The molecule has 0 spiro atoms. The van der Waals surface area contributed by atoms with Gasteiger partial charge in [-0.05, 0) is 105 Å². The molecule has 80 heavy (non-hydrogen) atoms. The predicted octanol–water partition coefficient (Wildman–Crippen LogP) is 18.7. The van der Waals surface area contributed by atoms with Gasteiger partial charge < -0.3 is 19.6 Å². The van der Waals surface area contributed by atoms with Crippen LogP contribution >= 0.6 is 0 Å². The Morgan fingerprint density at radius 2 is 0.438 bits per heavy atom. The van der Waals surface area contributed by atoms with Gasteiger partial charge in [0.15, 0.2) is 5.43 Å². The van der Waals surface area contributed by atoms with E-state index in [1.54, 1.807) is 0 Å². The average molecular weight is 1030 g/mol. The van der Waals surface area contributed by atoms with Crippen molar-refractivity contribution in [2.75, 3.05) is 19.6 Å². The van der Waals surface area contributed by atoms with Crippen LogP contribution in [0.2, 0.25) is 0 Å². The zero-order valence-corrected chi connectivity index (χ0v) is 46.3. The standard InChI is InChI=1S/C74H59N5O/c1-71(2)43-25-9-17-33-51(43)76(52-34-18-10-26-44(52)71)59-41-61(78-55-37-21-13-29-47(55)73(5,6)48-30-14-22-38-56(48)78)65-67-63(59)69(75)64-60(77-53-35-19-11-27-45(53)72(3,4)46-28-12-20-36-54(46)77)42-62(66(68(64)67)70(65)80)79-57-39-23-15-31-49(57)74(7,8)50-32-16-24-40-58(50)79/h9-42,75H,1-8H3. The third kappa shape index (κ3) is 5.72. The van der Waals surface area contributed by atoms with E-state index in [4.69, 9.17) is 0 Å². The Bertz CT molecular complexity index is 3920. The molecule has 0 amide bonds. The number of nitrogens with one attached hydrogen (secondary N) is 1. The number of hydrogen-bond donors (Lipinski definition) is 1. The second kappa shape index (κ2) is 15.7. The van der Waals surface area contributed by atoms with E-state index >= 15 is 4.79 Å². The number of fused-ring (bicyclic) bond motifs is 8. The average Bonchev–Trinajstić information content (AvgIpc) is 4.10. The minimum Gasteiger partial charge on any atom is -0.309 e. The van der Waals surface area contributed by atoms with E-state index in [2.05, 4.69) is 281 Å². The molecule has 0 atom stereocenters. The molecular formula is C74H59N5O. The van der Waals surface area contributed by atoms with E-state index in [0.717, 1.165) is 90.1 Å². The van der Waals surface area contributed by atoms with Crippen LogP contribution in [0.5, 0.6) is 0 Å². The molecule has 6 aliphatic rings. The second-order valence-electron chi connectivity index (χ2n) is 24.8. The Hall–Kier alpha value is -9.26. The SMILES string of the molecule is CC1(C)c2ccccc2N(c2cc(N3c4ccccc4C(C)(C)c4ccccc43)c3c4c2c(=N)c2c(N5c6ccccc6C(C)(C)c6ccccc65)cc(N5c6ccccc6C(C)(C)c6ccccc65)c(c2-4)c3=O)c2ccccc21. The minimum absolute atomic E-state index is 0.0474. The molecule has 10 aromatic rings. The summed E-state index contributed by atoms with van der Waals surface area (Å²) >= 11 is 0. The van der Waals surface area contributed by atoms with E-state index in [1.807, 2.05) is 0 Å². The lowest BCUT2D eigenvalue weighted by atomic mass is 9.73. The molecule has 4 heterocycles. The Balaban J connectivity index is 1.13. The van der Waals surface area contributed by atoms with E-state index in [1.165, 1.54) is 44.5 Å². The number of para-hydroxylation sites is 8. The molecule has 2 aliphatic carbocycles. The first kappa shape index (κ1) is 46.8. The van der Waals surface area contributed by atoms with Gasteiger partial charge in [0, 0.05) is 43.6 Å². The molecule has 10 aromatic carbocycles. The van der Waals surface area contributed by atoms with Gasteiger partial charge in [0.25, 0.3) is 0 Å². The van der Waals surface area contributed by atoms with Crippen molar-refractivity contribution in [2.45, 2.75) is 77.0 Å². The fraction of sp³-hybridized carbons (Fsp3) is 0.162. The summed E-state index contributed by atoms with van der Waals surface area (Å²) in [5, 5.41) is 14.4. The second-order valence-corrected chi connectivity index (χ2v) is 24.8. The summed E-state index contributed by atoms with van der Waals surface area (Å²) in [7, 11) is 0. The summed E-state index contributed by atoms with van der Waals surface area (Å²) in [6.45, 7) is 18.5. The largest absolute Gasteiger partial charge is 0.309 e. The lowest BCUT2D eigenvalue weighted by molar-refractivity contribution is 0.631. The smallest absolute Gasteiger partial charge is 0.198 e. The molecule has 0 aromatic heterocycles. The van der Waals surface area contributed by atoms with Crippen molar-refractivity contribution in [3.05, 3.63) is 266 Å². The van der Waals surface area contributed by atoms with Crippen LogP contribution in [0.1, 0.15) is 99.9 Å². The molecule has 0 unspecified atom stereocenters. The summed E-state index contributed by atoms with van der Waals surface area (Å²) < 4.78 is 0. The summed E-state index contributed by atoms with van der Waals surface area (Å²) in [5.74, 6) is 0. The Morgan fingerprint density at radius 3 is 0.637 bits per heavy atom. The van der Waals surface area contributed by atoms with Crippen LogP contribution in [0.4, 0.5) is 68.2 Å². The summed E-state index contributed by atoms with van der Waals surface area (Å²) in [6, 6.07) is 74.6. The number of benzene rings is 10. The zero-order valence-electron chi connectivity index (χ0n) is 46.3. The van der Waals surface area contributed by atoms with Gasteiger partial charge in [-0.15, -0.1) is 0 Å². The first-order valence-corrected chi connectivity index (χ1v) is 28.2. The molecule has 0 fully saturated rings. The van der Waals surface area contributed by atoms with Crippen molar-refractivity contribution in [1.29, 1.82) is 5.41 Å². The van der Waals surface area contributed by atoms with Gasteiger partial charge in [-0.25, -0.2) is 0 Å². The maximum atomic E-state index is 17.2. The number of rotatable bonds is 4. The third-order valence-electron chi connectivity index (χ3n) is 19.3. The van der Waals surface area contributed by atoms with Gasteiger partial charge in [-0.2, -0.15) is 0 Å². The first-order chi connectivity index (χ1) is 38.6. The first-order valence-electron chi connectivity index (χ1n) is 28.2. The van der Waals surface area contributed by atoms with E-state index < -0.39 is 0 Å². The lowest BCUT2D eigenvalue weighted by Gasteiger charge is -2.44. The highest BCUT2D eigenvalue weighted by Crippen LogP contribution is 2.63. The molecule has 16 rings (SSSR count). The Kier molecular flexibility index (Phi) is 9.20. The van der Waals surface area contributed by atoms with Crippen molar-refractivity contribution >= 4 is 89.8 Å². The third-order valence-corrected chi connectivity index (χ3v) is 19.3. The monoisotopic (exact) mass is 1030 g/mol. The lowest BCUT2D eigenvalue weighted by Crippen LogP contribution is -2.32. The van der Waals surface area contributed by atoms with Gasteiger partial charge in [0.05, 0.1) is 84.4 Å². The molecule has 6 nitrogen and oxygen atoms in total. The Labute approximate surface area is 466 Å². The van der Waals surface area contributed by atoms with Crippen molar-refractivity contribution in [1.82, 2.24) is 0 Å². The van der Waals surface area contributed by atoms with Gasteiger partial charge in [-0.3, -0.25) is 10.2 Å². The van der Waals surface area contributed by atoms with E-state index in [9.17, 15) is 5.41 Å². The fourth-order valence-corrected chi connectivity index (χ4v) is 15.4. The molecule has 0 radical (unpaired) electrons. The molecule has 0 saturated heterocycles. The molecule has 386 valence electrons. The predicted molar refractivity (Wildman–Crippen MR) is 331 cm³/mol. The maximum Gasteiger partial charge on any atom is 0.198 e. The summed E-state index contributed by atoms with van der Waals surface area (Å²) in [4.78, 5) is 26.8. The van der Waals surface area contributed by atoms with Crippen molar-refractivity contribution in [2.24, 2.45) is 0 Å². The number of hydrogen-bond acceptors (Lipinski definition) is 6. The van der Waals surface area contributed by atoms with Gasteiger partial charge >= 0.3 is 0 Å². The normalized spacial score (nSPS) is 16.6. The van der Waals surface area contributed by atoms with Crippen molar-refractivity contribution in [3.63, 3.8) is 0 Å². The van der Waals surface area contributed by atoms with Crippen LogP contribution in [0.3, 0.4) is 0 Å². The number of nitrogens with zero attached hydrogens (tertiary/aromatic N) is 4. The Morgan fingerprint density at radius 1 is 0.263 bits per heavy atom. The van der Waals surface area contributed by atoms with Crippen molar-refractivity contribution < 1.29 is 0 Å². The molecule has 4 aliphatic heterocycles. The van der Waals surface area contributed by atoms with Crippen LogP contribution in [0.25, 0.3) is 32.7 Å². The topological polar surface area (TPSA) is 53.9 Å². The molecule has 0 saturated carbocycles. The van der Waals surface area contributed by atoms with Crippen LogP contribution in [-0.4, -0.2) is 0 Å². The van der Waals surface area contributed by atoms with Crippen LogP contribution in [-0.2, 0) is 21.7 Å². The van der Waals surface area contributed by atoms with Gasteiger partial charge in [0.1, 0.15) is 0 Å². The summed E-state index contributed by atoms with van der Waals surface area (Å²) in [6.07, 6.45) is 0. The fourth-order valence-electron chi connectivity index (χ4n) is 15.4. The number of anilines is 12. The molecular weight excluding hydrogens is 975 g/mol. The van der Waals surface area contributed by atoms with Crippen molar-refractivity contribution in [3.8, 4) is 11.1 Å². The minimum atomic E-state index is -0.345. The summed E-state index contributed by atoms with van der Waals surface area (Å²) in [5.41, 5.74) is 21.4. The van der Waals surface area contributed by atoms with Gasteiger partial charge in [0.2, 0.25) is 0 Å². The van der Waals surface area contributed by atoms with Crippen LogP contribution < -0.4 is 30.4 Å². The van der Waals surface area contributed by atoms with E-state index in [-0.39, 0.29) is 27.1 Å². The zero-order chi connectivity index (χ0) is 54.5. The highest BCUT2D eigenvalue weighted by Gasteiger charge is 2.46. The molecule has 1 N–H and O–H groups in total. The quantitative estimate of drug-likeness (QED) is 0.190. The van der Waals surface area contributed by atoms with E-state index in [0.29, 0.717) is 16.1 Å². The van der Waals surface area contributed by atoms with Crippen LogP contribution in [0.15, 0.2) is 211 Å². The molecule has 6 heteroatoms.